The van der Waals surface area contributed by atoms with Gasteiger partial charge >= 0.3 is 5.97 Å². The summed E-state index contributed by atoms with van der Waals surface area (Å²) in [5.74, 6) is -0.158. The zero-order valence-electron chi connectivity index (χ0n) is 8.79. The van der Waals surface area contributed by atoms with Gasteiger partial charge in [-0.3, -0.25) is 4.79 Å². The van der Waals surface area contributed by atoms with Crippen LogP contribution in [0.5, 0.6) is 0 Å². The van der Waals surface area contributed by atoms with Crippen molar-refractivity contribution in [1.82, 2.24) is 0 Å². The molecular formula is C10H18O3. The first kappa shape index (κ1) is 12.1. The van der Waals surface area contributed by atoms with Crippen molar-refractivity contribution in [3.05, 3.63) is 0 Å². The van der Waals surface area contributed by atoms with E-state index in [1.54, 1.807) is 0 Å². The molecular weight excluding hydrogens is 168 g/mol. The standard InChI is InChI=1S/C10H18O3/c1-8(5-6-11)7-9(12)13-10(2,3)4/h6,8H,5,7H2,1-4H3. The van der Waals surface area contributed by atoms with Gasteiger partial charge in [0.15, 0.2) is 0 Å². The highest BCUT2D eigenvalue weighted by molar-refractivity contribution is 5.70. The van der Waals surface area contributed by atoms with Crippen LogP contribution in [0.1, 0.15) is 40.5 Å². The zero-order chi connectivity index (χ0) is 10.5. The van der Waals surface area contributed by atoms with Crippen LogP contribution in [0.4, 0.5) is 0 Å². The second-order valence-electron chi connectivity index (χ2n) is 4.30. The number of ether oxygens (including phenoxy) is 1. The van der Waals surface area contributed by atoms with E-state index in [0.29, 0.717) is 12.8 Å². The van der Waals surface area contributed by atoms with Crippen LogP contribution in [0.15, 0.2) is 0 Å². The number of hydrogen-bond acceptors (Lipinski definition) is 3. The minimum absolute atomic E-state index is 0.0762. The molecule has 0 radical (unpaired) electrons. The molecule has 76 valence electrons. The van der Waals surface area contributed by atoms with E-state index in [1.165, 1.54) is 0 Å². The highest BCUT2D eigenvalue weighted by atomic mass is 16.6. The number of hydrogen-bond donors (Lipinski definition) is 0. The second-order valence-corrected chi connectivity index (χ2v) is 4.30. The van der Waals surface area contributed by atoms with Gasteiger partial charge in [0.25, 0.3) is 0 Å². The Morgan fingerprint density at radius 1 is 1.46 bits per heavy atom. The van der Waals surface area contributed by atoms with Gasteiger partial charge in [0.05, 0.1) is 0 Å². The van der Waals surface area contributed by atoms with Gasteiger partial charge in [0.1, 0.15) is 11.9 Å². The van der Waals surface area contributed by atoms with Crippen molar-refractivity contribution in [1.29, 1.82) is 0 Å². The normalized spacial score (nSPS) is 13.5. The lowest BCUT2D eigenvalue weighted by Gasteiger charge is -2.20. The largest absolute Gasteiger partial charge is 0.460 e. The van der Waals surface area contributed by atoms with Crippen LogP contribution in [0.3, 0.4) is 0 Å². The summed E-state index contributed by atoms with van der Waals surface area (Å²) >= 11 is 0. The Bertz CT molecular complexity index is 179. The van der Waals surface area contributed by atoms with Crippen LogP contribution in [0.25, 0.3) is 0 Å². The molecule has 0 saturated carbocycles. The Balaban J connectivity index is 3.81. The fourth-order valence-corrected chi connectivity index (χ4v) is 0.915. The molecule has 0 saturated heterocycles. The summed E-state index contributed by atoms with van der Waals surface area (Å²) in [7, 11) is 0. The van der Waals surface area contributed by atoms with E-state index < -0.39 is 5.60 Å². The fraction of sp³-hybridized carbons (Fsp3) is 0.800. The molecule has 3 heteroatoms. The maximum Gasteiger partial charge on any atom is 0.306 e. The van der Waals surface area contributed by atoms with Crippen molar-refractivity contribution in [3.63, 3.8) is 0 Å². The van der Waals surface area contributed by atoms with Gasteiger partial charge in [-0.15, -0.1) is 0 Å². The highest BCUT2D eigenvalue weighted by Crippen LogP contribution is 2.12. The molecule has 0 rings (SSSR count). The molecule has 1 unspecified atom stereocenters. The molecule has 0 fully saturated rings. The topological polar surface area (TPSA) is 43.4 Å². The Labute approximate surface area is 79.5 Å². The molecule has 0 aromatic carbocycles. The van der Waals surface area contributed by atoms with E-state index in [-0.39, 0.29) is 11.9 Å². The van der Waals surface area contributed by atoms with Crippen molar-refractivity contribution in [2.24, 2.45) is 5.92 Å². The first-order valence-electron chi connectivity index (χ1n) is 4.50. The van der Waals surface area contributed by atoms with Gasteiger partial charge in [-0.25, -0.2) is 0 Å². The van der Waals surface area contributed by atoms with Gasteiger partial charge in [0, 0.05) is 12.8 Å². The van der Waals surface area contributed by atoms with E-state index in [2.05, 4.69) is 0 Å². The monoisotopic (exact) mass is 186 g/mol. The van der Waals surface area contributed by atoms with Gasteiger partial charge in [-0.1, -0.05) is 6.92 Å². The Morgan fingerprint density at radius 2 is 2.00 bits per heavy atom. The molecule has 0 bridgehead atoms. The van der Waals surface area contributed by atoms with Crippen molar-refractivity contribution in [3.8, 4) is 0 Å². The van der Waals surface area contributed by atoms with Crippen LogP contribution >= 0.6 is 0 Å². The van der Waals surface area contributed by atoms with Crippen LogP contribution < -0.4 is 0 Å². The van der Waals surface area contributed by atoms with Gasteiger partial charge in [-0.2, -0.15) is 0 Å². The first-order chi connectivity index (χ1) is 5.85. The number of aldehydes is 1. The molecule has 0 aromatic heterocycles. The third-order valence-corrected chi connectivity index (χ3v) is 1.43. The summed E-state index contributed by atoms with van der Waals surface area (Å²) in [6.07, 6.45) is 1.56. The van der Waals surface area contributed by atoms with E-state index in [9.17, 15) is 9.59 Å². The minimum Gasteiger partial charge on any atom is -0.460 e. The third kappa shape index (κ3) is 7.50. The lowest BCUT2D eigenvalue weighted by Crippen LogP contribution is -2.24. The lowest BCUT2D eigenvalue weighted by molar-refractivity contribution is -0.155. The smallest absolute Gasteiger partial charge is 0.306 e. The number of carbonyl (C=O) groups excluding carboxylic acids is 2. The molecule has 0 aliphatic heterocycles. The van der Waals surface area contributed by atoms with Gasteiger partial charge < -0.3 is 9.53 Å². The summed E-state index contributed by atoms with van der Waals surface area (Å²) in [6.45, 7) is 7.35. The summed E-state index contributed by atoms with van der Waals surface area (Å²) < 4.78 is 5.10. The Morgan fingerprint density at radius 3 is 2.38 bits per heavy atom. The SMILES string of the molecule is CC(CC=O)CC(=O)OC(C)(C)C. The van der Waals surface area contributed by atoms with Crippen LogP contribution in [0.2, 0.25) is 0 Å². The summed E-state index contributed by atoms with van der Waals surface area (Å²) in [4.78, 5) is 21.3. The molecule has 1 atom stereocenters. The molecule has 3 nitrogen and oxygen atoms in total. The quantitative estimate of drug-likeness (QED) is 0.498. The molecule has 0 amide bonds. The maximum absolute atomic E-state index is 11.2. The average Bonchev–Trinajstić information content (AvgIpc) is 1.81. The summed E-state index contributed by atoms with van der Waals surface area (Å²) in [5.41, 5.74) is -0.433. The predicted octanol–water partition coefficient (Wildman–Crippen LogP) is 1.94. The second kappa shape index (κ2) is 5.00. The molecule has 0 spiro atoms. The van der Waals surface area contributed by atoms with E-state index in [4.69, 9.17) is 4.74 Å². The van der Waals surface area contributed by atoms with Crippen LogP contribution in [0, 0.1) is 5.92 Å². The fourth-order valence-electron chi connectivity index (χ4n) is 0.915. The van der Waals surface area contributed by atoms with Gasteiger partial charge in [0.2, 0.25) is 0 Å². The van der Waals surface area contributed by atoms with E-state index in [0.717, 1.165) is 6.29 Å². The number of esters is 1. The van der Waals surface area contributed by atoms with Crippen molar-refractivity contribution in [2.75, 3.05) is 0 Å². The summed E-state index contributed by atoms with van der Waals surface area (Å²) in [6, 6.07) is 0. The predicted molar refractivity (Wildman–Crippen MR) is 50.3 cm³/mol. The molecule has 0 aliphatic carbocycles. The zero-order valence-corrected chi connectivity index (χ0v) is 8.79. The highest BCUT2D eigenvalue weighted by Gasteiger charge is 2.17. The third-order valence-electron chi connectivity index (χ3n) is 1.43. The van der Waals surface area contributed by atoms with E-state index >= 15 is 0 Å². The molecule has 0 aliphatic rings. The van der Waals surface area contributed by atoms with Crippen LogP contribution in [-0.2, 0) is 14.3 Å². The molecule has 0 N–H and O–H groups in total. The maximum atomic E-state index is 11.2. The Hall–Kier alpha value is -0.860. The summed E-state index contributed by atoms with van der Waals surface area (Å²) in [5, 5.41) is 0. The first-order valence-corrected chi connectivity index (χ1v) is 4.50. The number of rotatable bonds is 4. The van der Waals surface area contributed by atoms with Crippen LogP contribution in [-0.4, -0.2) is 17.9 Å². The van der Waals surface area contributed by atoms with Gasteiger partial charge in [-0.05, 0) is 26.7 Å². The average molecular weight is 186 g/mol. The molecule has 0 aromatic rings. The minimum atomic E-state index is -0.433. The molecule has 0 heterocycles. The lowest BCUT2D eigenvalue weighted by atomic mass is 10.1. The number of carbonyl (C=O) groups is 2. The van der Waals surface area contributed by atoms with E-state index in [1.807, 2.05) is 27.7 Å². The van der Waals surface area contributed by atoms with Crippen molar-refractivity contribution >= 4 is 12.3 Å². The van der Waals surface area contributed by atoms with Crippen molar-refractivity contribution < 1.29 is 14.3 Å². The molecule has 13 heavy (non-hydrogen) atoms. The Kier molecular flexibility index (Phi) is 4.67. The van der Waals surface area contributed by atoms with Crippen molar-refractivity contribution in [2.45, 2.75) is 46.1 Å².